The molecule has 38 heavy (non-hydrogen) atoms. The van der Waals surface area contributed by atoms with Gasteiger partial charge in [-0.25, -0.2) is 8.42 Å². The fourth-order valence-electron chi connectivity index (χ4n) is 4.81. The van der Waals surface area contributed by atoms with E-state index in [0.29, 0.717) is 55.1 Å². The Morgan fingerprint density at radius 3 is 2.55 bits per heavy atom. The second-order valence-electron chi connectivity index (χ2n) is 9.37. The van der Waals surface area contributed by atoms with E-state index >= 15 is 0 Å². The van der Waals surface area contributed by atoms with E-state index in [-0.39, 0.29) is 16.5 Å². The number of nitrogens with zero attached hydrogens (tertiary/aromatic N) is 1. The highest BCUT2D eigenvalue weighted by Crippen LogP contribution is 2.29. The number of sulfonamides is 1. The summed E-state index contributed by atoms with van der Waals surface area (Å²) in [6.07, 6.45) is 3.17. The van der Waals surface area contributed by atoms with Crippen LogP contribution < -0.4 is 20.3 Å². The first kappa shape index (κ1) is 27.7. The highest BCUT2D eigenvalue weighted by atomic mass is 32.2. The molecule has 0 aliphatic carbocycles. The summed E-state index contributed by atoms with van der Waals surface area (Å²) in [5, 5.41) is 3.25. The molecule has 0 bridgehead atoms. The number of benzene rings is 2. The predicted octanol–water partition coefficient (Wildman–Crippen LogP) is 3.86. The highest BCUT2D eigenvalue weighted by Gasteiger charge is 2.31. The second-order valence-corrected chi connectivity index (χ2v) is 11.3. The molecule has 3 aromatic rings. The van der Waals surface area contributed by atoms with Gasteiger partial charge in [0.05, 0.1) is 23.7 Å². The van der Waals surface area contributed by atoms with Crippen LogP contribution in [0.5, 0.6) is 11.5 Å². The van der Waals surface area contributed by atoms with Crippen LogP contribution in [-0.2, 0) is 16.4 Å². The van der Waals surface area contributed by atoms with Gasteiger partial charge in [0.1, 0.15) is 0 Å². The highest BCUT2D eigenvalue weighted by molar-refractivity contribution is 7.89. The molecule has 1 aliphatic heterocycles. The monoisotopic (exact) mass is 541 g/mol. The first-order valence-electron chi connectivity index (χ1n) is 13.1. The summed E-state index contributed by atoms with van der Waals surface area (Å²) in [5.41, 5.74) is 1.06. The maximum absolute atomic E-state index is 13.4. The molecule has 2 aromatic carbocycles. The lowest BCUT2D eigenvalue weighted by atomic mass is 10.1. The van der Waals surface area contributed by atoms with Crippen molar-refractivity contribution in [2.24, 2.45) is 0 Å². The van der Waals surface area contributed by atoms with Crippen molar-refractivity contribution in [3.63, 3.8) is 0 Å². The van der Waals surface area contributed by atoms with Crippen LogP contribution in [0.2, 0.25) is 0 Å². The first-order valence-corrected chi connectivity index (χ1v) is 14.5. The van der Waals surface area contributed by atoms with Crippen molar-refractivity contribution in [3.05, 3.63) is 63.9 Å². The molecule has 1 aromatic heterocycles. The summed E-state index contributed by atoms with van der Waals surface area (Å²) in [6.45, 7) is 7.54. The maximum atomic E-state index is 13.4. The van der Waals surface area contributed by atoms with Gasteiger partial charge in [-0.2, -0.15) is 4.31 Å². The number of amides is 1. The predicted molar refractivity (Wildman–Crippen MR) is 147 cm³/mol. The summed E-state index contributed by atoms with van der Waals surface area (Å²) < 4.78 is 39.6. The minimum atomic E-state index is -3.74. The summed E-state index contributed by atoms with van der Waals surface area (Å²) in [5.74, 6) is 0.871. The number of ether oxygens (including phenoxy) is 2. The van der Waals surface area contributed by atoms with E-state index in [1.807, 2.05) is 39.0 Å². The number of rotatable bonds is 10. The molecule has 1 amide bonds. The smallest absolute Gasteiger partial charge is 0.252 e. The molecule has 10 heteroatoms. The molecule has 0 spiro atoms. The van der Waals surface area contributed by atoms with E-state index in [4.69, 9.17) is 9.47 Å². The third-order valence-corrected chi connectivity index (χ3v) is 8.72. The van der Waals surface area contributed by atoms with Crippen molar-refractivity contribution >= 4 is 26.8 Å². The van der Waals surface area contributed by atoms with Crippen LogP contribution in [0.1, 0.15) is 56.0 Å². The summed E-state index contributed by atoms with van der Waals surface area (Å²) >= 11 is 0. The Balaban J connectivity index is 1.55. The first-order chi connectivity index (χ1) is 18.2. The van der Waals surface area contributed by atoms with E-state index in [2.05, 4.69) is 10.3 Å². The third-order valence-electron chi connectivity index (χ3n) is 6.71. The van der Waals surface area contributed by atoms with Crippen LogP contribution in [0.25, 0.3) is 10.9 Å². The number of carbonyl (C=O) groups excluding carboxylic acids is 1. The summed E-state index contributed by atoms with van der Waals surface area (Å²) in [7, 11) is -3.74. The topological polar surface area (TPSA) is 118 Å². The molecule has 0 saturated carbocycles. The lowest BCUT2D eigenvalue weighted by molar-refractivity contribution is 0.0955. The molecule has 1 saturated heterocycles. The average Bonchev–Trinajstić information content (AvgIpc) is 2.89. The zero-order valence-electron chi connectivity index (χ0n) is 22.1. The van der Waals surface area contributed by atoms with Crippen molar-refractivity contribution in [2.45, 2.75) is 57.4 Å². The third kappa shape index (κ3) is 6.02. The lowest BCUT2D eigenvalue weighted by Gasteiger charge is -2.32. The van der Waals surface area contributed by atoms with Gasteiger partial charge >= 0.3 is 0 Å². The molecule has 1 aliphatic rings. The molecule has 2 N–H and O–H groups in total. The molecule has 2 heterocycles. The second kappa shape index (κ2) is 12.0. The van der Waals surface area contributed by atoms with Gasteiger partial charge in [0, 0.05) is 36.1 Å². The summed E-state index contributed by atoms with van der Waals surface area (Å²) in [6, 6.07) is 11.3. The number of hydrogen-bond donors (Lipinski definition) is 2. The number of piperidine rings is 1. The van der Waals surface area contributed by atoms with Crippen molar-refractivity contribution in [2.75, 3.05) is 26.3 Å². The Labute approximate surface area is 223 Å². The zero-order chi connectivity index (χ0) is 27.3. The molecular formula is C28H35N3O6S. The molecule has 204 valence electrons. The number of fused-ring (bicyclic) bond motifs is 1. The Morgan fingerprint density at radius 1 is 1.05 bits per heavy atom. The number of aromatic nitrogens is 1. The van der Waals surface area contributed by atoms with Crippen molar-refractivity contribution in [3.8, 4) is 11.5 Å². The van der Waals surface area contributed by atoms with Crippen LogP contribution in [-0.4, -0.2) is 56.0 Å². The minimum Gasteiger partial charge on any atom is -0.490 e. The quantitative estimate of drug-likeness (QED) is 0.403. The maximum Gasteiger partial charge on any atom is 0.252 e. The SMILES string of the molecule is CCOc1ccc(CCNC(=O)c2cc(=O)[nH]c3ccc(S(=O)(=O)N4CCCCC4C)cc23)cc1OCC. The Morgan fingerprint density at radius 2 is 1.82 bits per heavy atom. The van der Waals surface area contributed by atoms with Crippen LogP contribution in [0, 0.1) is 0 Å². The van der Waals surface area contributed by atoms with Gasteiger partial charge in [-0.15, -0.1) is 0 Å². The van der Waals surface area contributed by atoms with Gasteiger partial charge in [-0.1, -0.05) is 12.5 Å². The number of aromatic amines is 1. The number of H-pyrrole nitrogens is 1. The largest absolute Gasteiger partial charge is 0.490 e. The number of hydrogen-bond acceptors (Lipinski definition) is 6. The van der Waals surface area contributed by atoms with Crippen molar-refractivity contribution in [1.29, 1.82) is 0 Å². The van der Waals surface area contributed by atoms with E-state index in [1.54, 1.807) is 6.07 Å². The van der Waals surface area contributed by atoms with E-state index in [9.17, 15) is 18.0 Å². The molecule has 1 fully saturated rings. The molecule has 9 nitrogen and oxygen atoms in total. The van der Waals surface area contributed by atoms with E-state index in [1.165, 1.54) is 22.5 Å². The molecule has 1 unspecified atom stereocenters. The number of pyridine rings is 1. The molecule has 1 atom stereocenters. The fourth-order valence-corrected chi connectivity index (χ4v) is 6.54. The Bertz CT molecular complexity index is 1470. The van der Waals surface area contributed by atoms with E-state index in [0.717, 1.165) is 24.8 Å². The summed E-state index contributed by atoms with van der Waals surface area (Å²) in [4.78, 5) is 28.2. The van der Waals surface area contributed by atoms with Gasteiger partial charge in [0.25, 0.3) is 5.91 Å². The fraction of sp³-hybridized carbons (Fsp3) is 0.429. The number of nitrogens with one attached hydrogen (secondary N) is 2. The van der Waals surface area contributed by atoms with Crippen LogP contribution >= 0.6 is 0 Å². The van der Waals surface area contributed by atoms with E-state index < -0.39 is 21.5 Å². The van der Waals surface area contributed by atoms with Gasteiger partial charge in [0.2, 0.25) is 15.6 Å². The molecule has 4 rings (SSSR count). The minimum absolute atomic E-state index is 0.0892. The Hall–Kier alpha value is -3.37. The number of carbonyl (C=O) groups is 1. The van der Waals surface area contributed by atoms with Gasteiger partial charge in [0.15, 0.2) is 11.5 Å². The van der Waals surface area contributed by atoms with Gasteiger partial charge < -0.3 is 19.8 Å². The molecular weight excluding hydrogens is 506 g/mol. The standard InChI is InChI=1S/C28H35N3O6S/c1-4-36-25-12-9-20(16-26(25)37-5-2)13-14-29-28(33)23-18-27(32)30-24-11-10-21(17-22(23)24)38(34,35)31-15-7-6-8-19(31)3/h9-12,16-19H,4-8,13-15H2,1-3H3,(H,29,33)(H,30,32). The van der Waals surface area contributed by atoms with Crippen molar-refractivity contribution in [1.82, 2.24) is 14.6 Å². The van der Waals surface area contributed by atoms with Crippen molar-refractivity contribution < 1.29 is 22.7 Å². The molecule has 0 radical (unpaired) electrons. The average molecular weight is 542 g/mol. The zero-order valence-corrected chi connectivity index (χ0v) is 22.9. The lowest BCUT2D eigenvalue weighted by Crippen LogP contribution is -2.41. The van der Waals surface area contributed by atoms with Crippen LogP contribution in [0.4, 0.5) is 0 Å². The Kier molecular flexibility index (Phi) is 8.73. The van der Waals surface area contributed by atoms with Gasteiger partial charge in [-0.05, 0) is 75.9 Å². The van der Waals surface area contributed by atoms with Crippen LogP contribution in [0.3, 0.4) is 0 Å². The van der Waals surface area contributed by atoms with Gasteiger partial charge in [-0.3, -0.25) is 9.59 Å². The van der Waals surface area contributed by atoms with Crippen LogP contribution in [0.15, 0.2) is 52.2 Å². The normalized spacial score (nSPS) is 16.3.